The summed E-state index contributed by atoms with van der Waals surface area (Å²) in [5.74, 6) is -0.546. The van der Waals surface area contributed by atoms with Crippen molar-refractivity contribution >= 4 is 29.1 Å². The molecule has 0 aliphatic carbocycles. The molecule has 2 aromatic rings. The Hall–Kier alpha value is -2.51. The van der Waals surface area contributed by atoms with Gasteiger partial charge in [-0.2, -0.15) is 0 Å². The quantitative estimate of drug-likeness (QED) is 0.839. The smallest absolute Gasteiger partial charge is 0.276 e. The van der Waals surface area contributed by atoms with Crippen LogP contribution in [0.1, 0.15) is 40.7 Å². The number of rotatable bonds is 4. The number of halogens is 1. The van der Waals surface area contributed by atoms with E-state index in [0.29, 0.717) is 23.8 Å². The zero-order chi connectivity index (χ0) is 19.4. The van der Waals surface area contributed by atoms with E-state index >= 15 is 0 Å². The summed E-state index contributed by atoms with van der Waals surface area (Å²) in [6, 6.07) is 6.70. The van der Waals surface area contributed by atoms with Gasteiger partial charge < -0.3 is 16.0 Å². The number of hydrogen-bond acceptors (Lipinski definition) is 5. The molecule has 2 heterocycles. The van der Waals surface area contributed by atoms with Crippen molar-refractivity contribution in [2.24, 2.45) is 11.7 Å². The molecule has 0 bridgehead atoms. The van der Waals surface area contributed by atoms with E-state index in [-0.39, 0.29) is 29.3 Å². The molecule has 0 spiro atoms. The molecule has 7 nitrogen and oxygen atoms in total. The van der Waals surface area contributed by atoms with Crippen molar-refractivity contribution in [3.63, 3.8) is 0 Å². The predicted octanol–water partition coefficient (Wildman–Crippen LogP) is 2.58. The Morgan fingerprint density at radius 2 is 1.89 bits per heavy atom. The molecule has 2 atom stereocenters. The molecule has 1 aliphatic rings. The highest BCUT2D eigenvalue weighted by Crippen LogP contribution is 2.21. The Balaban J connectivity index is 1.79. The summed E-state index contributed by atoms with van der Waals surface area (Å²) < 4.78 is 0. The first-order valence-electron chi connectivity index (χ1n) is 8.88. The largest absolute Gasteiger partial charge is 0.337 e. The highest BCUT2D eigenvalue weighted by Gasteiger charge is 2.30. The summed E-state index contributed by atoms with van der Waals surface area (Å²) in [7, 11) is 0. The van der Waals surface area contributed by atoms with Crippen LogP contribution in [0.15, 0.2) is 36.7 Å². The topological polar surface area (TPSA) is 101 Å². The second-order valence-electron chi connectivity index (χ2n) is 6.73. The van der Waals surface area contributed by atoms with Crippen LogP contribution in [-0.2, 0) is 0 Å². The van der Waals surface area contributed by atoms with Crippen LogP contribution >= 0.6 is 11.6 Å². The molecule has 1 aromatic heterocycles. The zero-order valence-corrected chi connectivity index (χ0v) is 15.8. The summed E-state index contributed by atoms with van der Waals surface area (Å²) in [4.78, 5) is 35.5. The number of likely N-dealkylation sites (tertiary alicyclic amines) is 1. The van der Waals surface area contributed by atoms with E-state index in [0.717, 1.165) is 12.8 Å². The van der Waals surface area contributed by atoms with E-state index < -0.39 is 5.91 Å². The number of carbonyl (C=O) groups is 2. The summed E-state index contributed by atoms with van der Waals surface area (Å²) in [6.45, 7) is 3.13. The number of benzene rings is 1. The molecular formula is C19H22ClN5O2. The number of amides is 2. The van der Waals surface area contributed by atoms with E-state index in [1.807, 2.05) is 6.92 Å². The van der Waals surface area contributed by atoms with Gasteiger partial charge in [0.15, 0.2) is 11.4 Å². The van der Waals surface area contributed by atoms with Crippen molar-refractivity contribution in [1.82, 2.24) is 14.9 Å². The molecule has 0 radical (unpaired) electrons. The van der Waals surface area contributed by atoms with Crippen LogP contribution in [0.4, 0.5) is 5.69 Å². The first-order chi connectivity index (χ1) is 13.0. The Bertz CT molecular complexity index is 825. The fourth-order valence-corrected chi connectivity index (χ4v) is 3.28. The number of aromatic nitrogens is 2. The van der Waals surface area contributed by atoms with Crippen molar-refractivity contribution in [3.8, 4) is 0 Å². The van der Waals surface area contributed by atoms with Crippen LogP contribution in [0.25, 0.3) is 0 Å². The summed E-state index contributed by atoms with van der Waals surface area (Å²) >= 11 is 5.86. The molecule has 3 rings (SSSR count). The average Bonchev–Trinajstić information content (AvgIpc) is 2.69. The summed E-state index contributed by atoms with van der Waals surface area (Å²) in [5.41, 5.74) is 6.61. The van der Waals surface area contributed by atoms with Crippen LogP contribution < -0.4 is 11.1 Å². The third-order valence-electron chi connectivity index (χ3n) is 4.71. The van der Waals surface area contributed by atoms with Crippen LogP contribution in [0, 0.1) is 5.92 Å². The van der Waals surface area contributed by atoms with E-state index in [1.165, 1.54) is 12.4 Å². The first-order valence-corrected chi connectivity index (χ1v) is 9.26. The van der Waals surface area contributed by atoms with Gasteiger partial charge in [0.1, 0.15) is 0 Å². The van der Waals surface area contributed by atoms with Crippen LogP contribution in [0.5, 0.6) is 0 Å². The second-order valence-corrected chi connectivity index (χ2v) is 7.16. The number of nitrogens with one attached hydrogen (secondary N) is 1. The van der Waals surface area contributed by atoms with Gasteiger partial charge in [0.05, 0.1) is 0 Å². The van der Waals surface area contributed by atoms with Crippen molar-refractivity contribution < 1.29 is 9.59 Å². The Morgan fingerprint density at radius 1 is 1.22 bits per heavy atom. The van der Waals surface area contributed by atoms with E-state index in [9.17, 15) is 9.59 Å². The maximum Gasteiger partial charge on any atom is 0.276 e. The maximum absolute atomic E-state index is 13.0. The summed E-state index contributed by atoms with van der Waals surface area (Å²) in [6.07, 6.45) is 4.68. The van der Waals surface area contributed by atoms with Gasteiger partial charge in [0.25, 0.3) is 11.8 Å². The summed E-state index contributed by atoms with van der Waals surface area (Å²) in [5, 5.41) is 3.29. The van der Waals surface area contributed by atoms with Gasteiger partial charge in [-0.1, -0.05) is 11.6 Å². The maximum atomic E-state index is 13.0. The molecule has 142 valence electrons. The SMILES string of the molecule is CC(N)C1CCCN(C(=O)c2nccnc2C(=O)Nc2ccc(Cl)cc2)C1. The molecule has 27 heavy (non-hydrogen) atoms. The molecular weight excluding hydrogens is 366 g/mol. The standard InChI is InChI=1S/C19H22ClN5O2/c1-12(21)13-3-2-10-25(11-13)19(27)17-16(22-8-9-23-17)18(26)24-15-6-4-14(20)5-7-15/h4-9,12-13H,2-3,10-11,21H2,1H3,(H,24,26). The van der Waals surface area contributed by atoms with Gasteiger partial charge in [-0.15, -0.1) is 0 Å². The molecule has 1 saturated heterocycles. The molecule has 1 fully saturated rings. The monoisotopic (exact) mass is 387 g/mol. The van der Waals surface area contributed by atoms with Crippen molar-refractivity contribution in [2.45, 2.75) is 25.8 Å². The first kappa shape index (κ1) is 19.3. The third-order valence-corrected chi connectivity index (χ3v) is 4.96. The van der Waals surface area contributed by atoms with E-state index in [4.69, 9.17) is 17.3 Å². The van der Waals surface area contributed by atoms with Crippen molar-refractivity contribution in [2.75, 3.05) is 18.4 Å². The molecule has 8 heteroatoms. The normalized spacial score (nSPS) is 18.0. The molecule has 1 aliphatic heterocycles. The highest BCUT2D eigenvalue weighted by molar-refractivity contribution is 6.30. The van der Waals surface area contributed by atoms with Gasteiger partial charge in [0, 0.05) is 42.2 Å². The number of nitrogens with two attached hydrogens (primary N) is 1. The fourth-order valence-electron chi connectivity index (χ4n) is 3.16. The van der Waals surface area contributed by atoms with Crippen LogP contribution in [0.2, 0.25) is 5.02 Å². The molecule has 1 aromatic carbocycles. The van der Waals surface area contributed by atoms with Crippen LogP contribution in [-0.4, -0.2) is 45.8 Å². The molecule has 2 amide bonds. The van der Waals surface area contributed by atoms with Gasteiger partial charge >= 0.3 is 0 Å². The molecule has 0 saturated carbocycles. The lowest BCUT2D eigenvalue weighted by Gasteiger charge is -2.34. The minimum Gasteiger partial charge on any atom is -0.337 e. The minimum atomic E-state index is -0.491. The molecule has 3 N–H and O–H groups in total. The lowest BCUT2D eigenvalue weighted by atomic mass is 9.92. The Kier molecular flexibility index (Phi) is 6.03. The van der Waals surface area contributed by atoms with Crippen molar-refractivity contribution in [3.05, 3.63) is 53.1 Å². The fraction of sp³-hybridized carbons (Fsp3) is 0.368. The number of carbonyl (C=O) groups excluding carboxylic acids is 2. The number of anilines is 1. The number of nitrogens with zero attached hydrogens (tertiary/aromatic N) is 3. The van der Waals surface area contributed by atoms with Gasteiger partial charge in [-0.3, -0.25) is 9.59 Å². The minimum absolute atomic E-state index is 0.000343. The van der Waals surface area contributed by atoms with Gasteiger partial charge in [0.2, 0.25) is 0 Å². The lowest BCUT2D eigenvalue weighted by Crippen LogP contribution is -2.45. The van der Waals surface area contributed by atoms with Crippen LogP contribution in [0.3, 0.4) is 0 Å². The Morgan fingerprint density at radius 3 is 2.56 bits per heavy atom. The Labute approximate surface area is 162 Å². The van der Waals surface area contributed by atoms with Gasteiger partial charge in [-0.25, -0.2) is 9.97 Å². The average molecular weight is 388 g/mol. The predicted molar refractivity (Wildman–Crippen MR) is 104 cm³/mol. The van der Waals surface area contributed by atoms with E-state index in [2.05, 4.69) is 15.3 Å². The van der Waals surface area contributed by atoms with Crippen molar-refractivity contribution in [1.29, 1.82) is 0 Å². The zero-order valence-electron chi connectivity index (χ0n) is 15.1. The third kappa shape index (κ3) is 4.61. The highest BCUT2D eigenvalue weighted by atomic mass is 35.5. The number of hydrogen-bond donors (Lipinski definition) is 2. The molecule has 2 unspecified atom stereocenters. The lowest BCUT2D eigenvalue weighted by molar-refractivity contribution is 0.0650. The van der Waals surface area contributed by atoms with Gasteiger partial charge in [-0.05, 0) is 49.9 Å². The second kappa shape index (κ2) is 8.45. The number of piperidine rings is 1. The van der Waals surface area contributed by atoms with E-state index in [1.54, 1.807) is 29.2 Å².